The smallest absolute Gasteiger partial charge is 0.129 e. The molecule has 0 bridgehead atoms. The topological polar surface area (TPSA) is 20.2 Å². The Morgan fingerprint density at radius 2 is 1.56 bits per heavy atom. The first-order valence-corrected chi connectivity index (χ1v) is 5.39. The van der Waals surface area contributed by atoms with Gasteiger partial charge in [0.25, 0.3) is 0 Å². The summed E-state index contributed by atoms with van der Waals surface area (Å²) < 4.78 is 25.8. The van der Waals surface area contributed by atoms with Crippen molar-refractivity contribution in [3.63, 3.8) is 0 Å². The molecule has 0 atom stereocenters. The van der Waals surface area contributed by atoms with Crippen molar-refractivity contribution in [3.8, 4) is 5.75 Å². The van der Waals surface area contributed by atoms with Crippen LogP contribution < -0.4 is 0 Å². The van der Waals surface area contributed by atoms with Crippen molar-refractivity contribution < 1.29 is 13.9 Å². The molecule has 0 aromatic heterocycles. The number of hydrogen-bond acceptors (Lipinski definition) is 2. The Bertz CT molecular complexity index is 494. The molecular weight excluding hydrogens is 230 g/mol. The fourth-order valence-electron chi connectivity index (χ4n) is 1.26. The summed E-state index contributed by atoms with van der Waals surface area (Å²) in [5.74, 6) is -1.16. The molecule has 82 valence electrons. The van der Waals surface area contributed by atoms with E-state index in [0.717, 1.165) is 17.8 Å². The molecule has 0 radical (unpaired) electrons. The zero-order valence-corrected chi connectivity index (χ0v) is 8.97. The molecule has 0 spiro atoms. The van der Waals surface area contributed by atoms with E-state index in [1.807, 2.05) is 0 Å². The summed E-state index contributed by atoms with van der Waals surface area (Å²) in [5.41, 5.74) is 0. The van der Waals surface area contributed by atoms with E-state index in [9.17, 15) is 13.9 Å². The highest BCUT2D eigenvalue weighted by Gasteiger charge is 2.05. The molecule has 0 heterocycles. The second-order valence-electron chi connectivity index (χ2n) is 3.17. The van der Waals surface area contributed by atoms with Gasteiger partial charge in [-0.25, -0.2) is 8.78 Å². The minimum atomic E-state index is -0.627. The van der Waals surface area contributed by atoms with Gasteiger partial charge in [0.2, 0.25) is 0 Å². The lowest BCUT2D eigenvalue weighted by molar-refractivity contribution is 0.462. The first-order valence-electron chi connectivity index (χ1n) is 4.57. The van der Waals surface area contributed by atoms with Gasteiger partial charge in [-0.2, -0.15) is 0 Å². The van der Waals surface area contributed by atoms with Crippen LogP contribution in [-0.2, 0) is 0 Å². The van der Waals surface area contributed by atoms with Crippen molar-refractivity contribution in [2.75, 3.05) is 0 Å². The average Bonchev–Trinajstić information content (AvgIpc) is 2.20. The molecule has 0 aliphatic carbocycles. The van der Waals surface area contributed by atoms with Crippen LogP contribution in [0.3, 0.4) is 0 Å². The lowest BCUT2D eigenvalue weighted by Gasteiger charge is -2.04. The molecular formula is C12H8F2OS. The zero-order valence-electron chi connectivity index (χ0n) is 8.15. The molecule has 2 aromatic carbocycles. The van der Waals surface area contributed by atoms with Gasteiger partial charge in [0.05, 0.1) is 4.90 Å². The standard InChI is InChI=1S/C12H8F2OS/c13-8-5-9(14)7-10(6-8)16-12-4-2-1-3-11(12)15/h1-7,15H. The van der Waals surface area contributed by atoms with Crippen LogP contribution in [0.5, 0.6) is 5.75 Å². The van der Waals surface area contributed by atoms with Gasteiger partial charge in [-0.05, 0) is 24.3 Å². The van der Waals surface area contributed by atoms with Gasteiger partial charge in [-0.15, -0.1) is 0 Å². The Balaban J connectivity index is 2.30. The van der Waals surface area contributed by atoms with Crippen LogP contribution in [0.1, 0.15) is 0 Å². The van der Waals surface area contributed by atoms with Crippen LogP contribution >= 0.6 is 11.8 Å². The van der Waals surface area contributed by atoms with Crippen molar-refractivity contribution in [1.82, 2.24) is 0 Å². The van der Waals surface area contributed by atoms with E-state index >= 15 is 0 Å². The fourth-order valence-corrected chi connectivity index (χ4v) is 2.17. The predicted molar refractivity (Wildman–Crippen MR) is 58.6 cm³/mol. The first-order chi connectivity index (χ1) is 7.65. The summed E-state index contributed by atoms with van der Waals surface area (Å²) in [7, 11) is 0. The molecule has 0 aliphatic rings. The van der Waals surface area contributed by atoms with Crippen molar-refractivity contribution in [3.05, 3.63) is 54.1 Å². The Morgan fingerprint density at radius 1 is 0.938 bits per heavy atom. The Labute approximate surface area is 95.7 Å². The van der Waals surface area contributed by atoms with E-state index in [4.69, 9.17) is 0 Å². The number of halogens is 2. The van der Waals surface area contributed by atoms with Gasteiger partial charge in [0.1, 0.15) is 17.4 Å². The molecule has 0 amide bonds. The monoisotopic (exact) mass is 238 g/mol. The van der Waals surface area contributed by atoms with Crippen molar-refractivity contribution in [2.45, 2.75) is 9.79 Å². The van der Waals surface area contributed by atoms with E-state index < -0.39 is 11.6 Å². The maximum Gasteiger partial charge on any atom is 0.129 e. The maximum absolute atomic E-state index is 12.9. The third kappa shape index (κ3) is 2.52. The molecule has 16 heavy (non-hydrogen) atoms. The molecule has 0 aliphatic heterocycles. The Kier molecular flexibility index (Phi) is 3.10. The highest BCUT2D eigenvalue weighted by Crippen LogP contribution is 2.34. The number of aromatic hydroxyl groups is 1. The predicted octanol–water partition coefficient (Wildman–Crippen LogP) is 3.82. The average molecular weight is 238 g/mol. The van der Waals surface area contributed by atoms with Crippen LogP contribution in [0.4, 0.5) is 8.78 Å². The van der Waals surface area contributed by atoms with E-state index in [1.54, 1.807) is 18.2 Å². The van der Waals surface area contributed by atoms with Crippen molar-refractivity contribution >= 4 is 11.8 Å². The van der Waals surface area contributed by atoms with Crippen LogP contribution in [0.2, 0.25) is 0 Å². The second kappa shape index (κ2) is 4.53. The molecule has 0 saturated carbocycles. The van der Waals surface area contributed by atoms with Crippen LogP contribution in [-0.4, -0.2) is 5.11 Å². The third-order valence-corrected chi connectivity index (χ3v) is 2.97. The molecule has 1 N–H and O–H groups in total. The lowest BCUT2D eigenvalue weighted by Crippen LogP contribution is -1.81. The van der Waals surface area contributed by atoms with Crippen LogP contribution in [0.15, 0.2) is 52.3 Å². The van der Waals surface area contributed by atoms with E-state index in [2.05, 4.69) is 0 Å². The van der Waals surface area contributed by atoms with Gasteiger partial charge in [-0.3, -0.25) is 0 Å². The third-order valence-electron chi connectivity index (χ3n) is 1.93. The van der Waals surface area contributed by atoms with E-state index in [-0.39, 0.29) is 5.75 Å². The maximum atomic E-state index is 12.9. The number of para-hydroxylation sites is 1. The SMILES string of the molecule is Oc1ccccc1Sc1cc(F)cc(F)c1. The molecule has 0 saturated heterocycles. The van der Waals surface area contributed by atoms with Gasteiger partial charge in [0.15, 0.2) is 0 Å². The zero-order chi connectivity index (χ0) is 11.5. The quantitative estimate of drug-likeness (QED) is 0.858. The summed E-state index contributed by atoms with van der Waals surface area (Å²) in [4.78, 5) is 0.978. The molecule has 1 nitrogen and oxygen atoms in total. The highest BCUT2D eigenvalue weighted by atomic mass is 32.2. The summed E-state index contributed by atoms with van der Waals surface area (Å²) in [6.07, 6.45) is 0. The minimum absolute atomic E-state index is 0.0946. The molecule has 0 unspecified atom stereocenters. The van der Waals surface area contributed by atoms with Gasteiger partial charge in [0, 0.05) is 11.0 Å². The van der Waals surface area contributed by atoms with Gasteiger partial charge < -0.3 is 5.11 Å². The fraction of sp³-hybridized carbons (Fsp3) is 0. The first kappa shape index (κ1) is 11.0. The van der Waals surface area contributed by atoms with Crippen molar-refractivity contribution in [2.24, 2.45) is 0 Å². The van der Waals surface area contributed by atoms with E-state index in [0.29, 0.717) is 9.79 Å². The van der Waals surface area contributed by atoms with Crippen LogP contribution in [0.25, 0.3) is 0 Å². The number of benzene rings is 2. The molecule has 2 rings (SSSR count). The molecule has 2 aromatic rings. The van der Waals surface area contributed by atoms with Crippen LogP contribution in [0, 0.1) is 11.6 Å². The largest absolute Gasteiger partial charge is 0.507 e. The van der Waals surface area contributed by atoms with Gasteiger partial charge in [-0.1, -0.05) is 23.9 Å². The highest BCUT2D eigenvalue weighted by molar-refractivity contribution is 7.99. The van der Waals surface area contributed by atoms with Gasteiger partial charge >= 0.3 is 0 Å². The lowest BCUT2D eigenvalue weighted by atomic mass is 10.3. The van der Waals surface area contributed by atoms with E-state index in [1.165, 1.54) is 18.2 Å². The number of hydrogen-bond donors (Lipinski definition) is 1. The number of rotatable bonds is 2. The number of phenolic OH excluding ortho intramolecular Hbond substituents is 1. The number of phenols is 1. The second-order valence-corrected chi connectivity index (χ2v) is 4.29. The summed E-state index contributed by atoms with van der Waals surface area (Å²) in [6, 6.07) is 9.90. The normalized spacial score (nSPS) is 10.4. The molecule has 0 fully saturated rings. The Hall–Kier alpha value is -1.55. The summed E-state index contributed by atoms with van der Waals surface area (Å²) in [6.45, 7) is 0. The molecule has 4 heteroatoms. The summed E-state index contributed by atoms with van der Waals surface area (Å²) in [5, 5.41) is 9.50. The minimum Gasteiger partial charge on any atom is -0.507 e. The summed E-state index contributed by atoms with van der Waals surface area (Å²) >= 11 is 1.11. The Morgan fingerprint density at radius 3 is 2.19 bits per heavy atom. The van der Waals surface area contributed by atoms with Crippen molar-refractivity contribution in [1.29, 1.82) is 0 Å².